The smallest absolute Gasteiger partial charge is 0.264 e. The van der Waals surface area contributed by atoms with E-state index >= 15 is 0 Å². The van der Waals surface area contributed by atoms with Gasteiger partial charge in [0.1, 0.15) is 12.1 Å². The molecule has 0 radical (unpaired) electrons. The zero-order chi connectivity index (χ0) is 17.8. The SMILES string of the molecule is CC(C)(C)CC(C)(C)c1ccc(OCC(=O)Nc2ncn[nH]2)cc1. The van der Waals surface area contributed by atoms with Crippen molar-refractivity contribution in [3.8, 4) is 5.75 Å². The highest BCUT2D eigenvalue weighted by atomic mass is 16.5. The van der Waals surface area contributed by atoms with Crippen LogP contribution in [-0.2, 0) is 10.2 Å². The topological polar surface area (TPSA) is 79.9 Å². The predicted octanol–water partition coefficient (Wildman–Crippen LogP) is 3.54. The van der Waals surface area contributed by atoms with Crippen molar-refractivity contribution in [2.75, 3.05) is 11.9 Å². The van der Waals surface area contributed by atoms with E-state index in [2.05, 4.69) is 67.2 Å². The third kappa shape index (κ3) is 5.37. The lowest BCUT2D eigenvalue weighted by atomic mass is 9.72. The van der Waals surface area contributed by atoms with Gasteiger partial charge in [0.05, 0.1) is 0 Å². The number of amides is 1. The fraction of sp³-hybridized carbons (Fsp3) is 0.500. The highest BCUT2D eigenvalue weighted by Crippen LogP contribution is 2.36. The van der Waals surface area contributed by atoms with E-state index < -0.39 is 0 Å². The third-order valence-corrected chi connectivity index (χ3v) is 3.65. The minimum absolute atomic E-state index is 0.0779. The summed E-state index contributed by atoms with van der Waals surface area (Å²) in [6, 6.07) is 7.94. The summed E-state index contributed by atoms with van der Waals surface area (Å²) in [7, 11) is 0. The number of aromatic amines is 1. The van der Waals surface area contributed by atoms with Crippen LogP contribution in [0.3, 0.4) is 0 Å². The van der Waals surface area contributed by atoms with Gasteiger partial charge < -0.3 is 4.74 Å². The van der Waals surface area contributed by atoms with Gasteiger partial charge in [-0.25, -0.2) is 5.10 Å². The number of H-pyrrole nitrogens is 1. The molecule has 1 aromatic carbocycles. The lowest BCUT2D eigenvalue weighted by Crippen LogP contribution is -2.24. The Morgan fingerprint density at radius 1 is 1.17 bits per heavy atom. The van der Waals surface area contributed by atoms with E-state index in [9.17, 15) is 4.79 Å². The Balaban J connectivity index is 1.91. The Morgan fingerprint density at radius 3 is 2.38 bits per heavy atom. The highest BCUT2D eigenvalue weighted by molar-refractivity contribution is 5.90. The summed E-state index contributed by atoms with van der Waals surface area (Å²) in [5.74, 6) is 0.685. The van der Waals surface area contributed by atoms with E-state index in [0.29, 0.717) is 11.7 Å². The van der Waals surface area contributed by atoms with Crippen molar-refractivity contribution in [3.63, 3.8) is 0 Å². The van der Waals surface area contributed by atoms with Gasteiger partial charge in [-0.1, -0.05) is 46.8 Å². The molecule has 2 aromatic rings. The molecule has 6 nitrogen and oxygen atoms in total. The maximum Gasteiger partial charge on any atom is 0.264 e. The average molecular weight is 330 g/mol. The molecule has 0 spiro atoms. The van der Waals surface area contributed by atoms with Crippen LogP contribution in [0.4, 0.5) is 5.95 Å². The number of aromatic nitrogens is 3. The Morgan fingerprint density at radius 2 is 1.83 bits per heavy atom. The van der Waals surface area contributed by atoms with Gasteiger partial charge in [0, 0.05) is 0 Å². The minimum Gasteiger partial charge on any atom is -0.484 e. The molecule has 2 rings (SSSR count). The maximum absolute atomic E-state index is 11.7. The summed E-state index contributed by atoms with van der Waals surface area (Å²) in [4.78, 5) is 15.6. The molecule has 0 aliphatic carbocycles. The maximum atomic E-state index is 11.7. The van der Waals surface area contributed by atoms with Crippen LogP contribution in [0, 0.1) is 5.41 Å². The van der Waals surface area contributed by atoms with Gasteiger partial charge >= 0.3 is 0 Å². The van der Waals surface area contributed by atoms with E-state index in [4.69, 9.17) is 4.74 Å². The normalized spacial score (nSPS) is 12.0. The van der Waals surface area contributed by atoms with E-state index in [1.165, 1.54) is 11.9 Å². The van der Waals surface area contributed by atoms with Crippen molar-refractivity contribution in [2.45, 2.75) is 46.5 Å². The van der Waals surface area contributed by atoms with Crippen LogP contribution in [-0.4, -0.2) is 27.7 Å². The molecule has 6 heteroatoms. The number of hydrogen-bond acceptors (Lipinski definition) is 4. The number of benzene rings is 1. The van der Waals surface area contributed by atoms with Gasteiger partial charge in [-0.3, -0.25) is 10.1 Å². The highest BCUT2D eigenvalue weighted by Gasteiger charge is 2.27. The molecule has 1 aromatic heterocycles. The molecule has 0 unspecified atom stereocenters. The fourth-order valence-corrected chi connectivity index (χ4v) is 3.01. The lowest BCUT2D eigenvalue weighted by molar-refractivity contribution is -0.118. The summed E-state index contributed by atoms with van der Waals surface area (Å²) >= 11 is 0. The molecular weight excluding hydrogens is 304 g/mol. The molecule has 2 N–H and O–H groups in total. The van der Waals surface area contributed by atoms with Crippen LogP contribution in [0.1, 0.15) is 46.6 Å². The van der Waals surface area contributed by atoms with E-state index in [-0.39, 0.29) is 23.3 Å². The first-order valence-electron chi connectivity index (χ1n) is 8.04. The zero-order valence-electron chi connectivity index (χ0n) is 15.0. The second-order valence-electron chi connectivity index (χ2n) is 7.82. The third-order valence-electron chi connectivity index (χ3n) is 3.65. The van der Waals surface area contributed by atoms with Crippen LogP contribution < -0.4 is 10.1 Å². The fourth-order valence-electron chi connectivity index (χ4n) is 3.01. The first kappa shape index (κ1) is 18.0. The van der Waals surface area contributed by atoms with E-state index in [1.54, 1.807) is 0 Å². The Bertz CT molecular complexity index is 655. The molecule has 0 saturated carbocycles. The summed E-state index contributed by atoms with van der Waals surface area (Å²) in [6.45, 7) is 11.2. The standard InChI is InChI=1S/C18H26N4O2/c1-17(2,3)11-18(4,5)13-6-8-14(9-7-13)24-10-15(23)21-16-19-12-20-22-16/h6-9,12H,10-11H2,1-5H3,(H2,19,20,21,22,23). The average Bonchev–Trinajstić information content (AvgIpc) is 2.96. The molecule has 0 saturated heterocycles. The molecule has 1 amide bonds. The minimum atomic E-state index is -0.288. The van der Waals surface area contributed by atoms with E-state index in [0.717, 1.165) is 6.42 Å². The number of nitrogens with one attached hydrogen (secondary N) is 2. The first-order chi connectivity index (χ1) is 11.2. The first-order valence-corrected chi connectivity index (χ1v) is 8.04. The molecule has 0 fully saturated rings. The largest absolute Gasteiger partial charge is 0.484 e. The van der Waals surface area contributed by atoms with Gasteiger partial charge in [0.15, 0.2) is 6.61 Å². The number of hydrogen-bond donors (Lipinski definition) is 2. The van der Waals surface area contributed by atoms with Crippen molar-refractivity contribution < 1.29 is 9.53 Å². The van der Waals surface area contributed by atoms with E-state index in [1.807, 2.05) is 12.1 Å². The second-order valence-corrected chi connectivity index (χ2v) is 7.82. The number of anilines is 1. The second kappa shape index (κ2) is 7.03. The summed E-state index contributed by atoms with van der Waals surface area (Å²) in [5.41, 5.74) is 1.61. The van der Waals surface area contributed by atoms with Crippen LogP contribution >= 0.6 is 0 Å². The molecule has 0 aliphatic heterocycles. The quantitative estimate of drug-likeness (QED) is 0.849. The van der Waals surface area contributed by atoms with Crippen molar-refractivity contribution in [1.82, 2.24) is 15.2 Å². The van der Waals surface area contributed by atoms with Crippen molar-refractivity contribution in [3.05, 3.63) is 36.2 Å². The van der Waals surface area contributed by atoms with Crippen LogP contribution in [0.25, 0.3) is 0 Å². The predicted molar refractivity (Wildman–Crippen MR) is 94.0 cm³/mol. The zero-order valence-corrected chi connectivity index (χ0v) is 15.0. The Kier molecular flexibility index (Phi) is 5.26. The van der Waals surface area contributed by atoms with Gasteiger partial charge in [0.25, 0.3) is 5.91 Å². The van der Waals surface area contributed by atoms with Gasteiger partial charge in [-0.2, -0.15) is 10.1 Å². The summed E-state index contributed by atoms with van der Waals surface area (Å²) in [6.07, 6.45) is 2.41. The van der Waals surface area contributed by atoms with Gasteiger partial charge in [-0.05, 0) is 34.9 Å². The Hall–Kier alpha value is -2.37. The number of carbonyl (C=O) groups is 1. The van der Waals surface area contributed by atoms with Gasteiger partial charge in [0.2, 0.25) is 5.95 Å². The molecule has 24 heavy (non-hydrogen) atoms. The lowest BCUT2D eigenvalue weighted by Gasteiger charge is -2.33. The number of carbonyl (C=O) groups excluding carboxylic acids is 1. The van der Waals surface area contributed by atoms with Crippen molar-refractivity contribution >= 4 is 11.9 Å². The molecule has 0 bridgehead atoms. The molecule has 1 heterocycles. The summed E-state index contributed by atoms with van der Waals surface area (Å²) < 4.78 is 5.51. The number of rotatable bonds is 6. The van der Waals surface area contributed by atoms with Crippen LogP contribution in [0.2, 0.25) is 0 Å². The van der Waals surface area contributed by atoms with Crippen LogP contribution in [0.5, 0.6) is 5.75 Å². The summed E-state index contributed by atoms with van der Waals surface area (Å²) in [5, 5.41) is 8.78. The molecule has 130 valence electrons. The number of nitrogens with zero attached hydrogens (tertiary/aromatic N) is 2. The molecular formula is C18H26N4O2. The van der Waals surface area contributed by atoms with Crippen molar-refractivity contribution in [2.24, 2.45) is 5.41 Å². The Labute approximate surface area is 143 Å². The van der Waals surface area contributed by atoms with Crippen LogP contribution in [0.15, 0.2) is 30.6 Å². The molecule has 0 aliphatic rings. The molecule has 0 atom stereocenters. The van der Waals surface area contributed by atoms with Gasteiger partial charge in [-0.15, -0.1) is 0 Å². The monoisotopic (exact) mass is 330 g/mol. The number of ether oxygens (including phenoxy) is 1. The van der Waals surface area contributed by atoms with Crippen molar-refractivity contribution in [1.29, 1.82) is 0 Å².